The lowest BCUT2D eigenvalue weighted by molar-refractivity contribution is 0.412. The number of nitrogens with zero attached hydrogens (tertiary/aromatic N) is 2. The molecule has 4 nitrogen and oxygen atoms in total. The van der Waals surface area contributed by atoms with Crippen molar-refractivity contribution >= 4 is 15.9 Å². The fraction of sp³-hybridized carbons (Fsp3) is 0.167. The van der Waals surface area contributed by atoms with Gasteiger partial charge in [0.25, 0.3) is 0 Å². The van der Waals surface area contributed by atoms with Crippen LogP contribution in [0.1, 0.15) is 5.82 Å². The number of ether oxygens (including phenoxy) is 1. The van der Waals surface area contributed by atoms with Crippen molar-refractivity contribution in [2.75, 3.05) is 7.11 Å². The molecule has 5 heteroatoms. The van der Waals surface area contributed by atoms with Crippen LogP contribution in [0.3, 0.4) is 0 Å². The minimum absolute atomic E-state index is 0.289. The van der Waals surface area contributed by atoms with Gasteiger partial charge in [-0.2, -0.15) is 5.26 Å². The van der Waals surface area contributed by atoms with Gasteiger partial charge >= 0.3 is 0 Å². The summed E-state index contributed by atoms with van der Waals surface area (Å²) >= 11 is 3.43. The molecule has 0 aliphatic carbocycles. The third-order valence-corrected chi connectivity index (χ3v) is 2.96. The van der Waals surface area contributed by atoms with Gasteiger partial charge in [-0.1, -0.05) is 0 Å². The van der Waals surface area contributed by atoms with Crippen molar-refractivity contribution in [3.8, 4) is 23.1 Å². The number of aromatic amines is 1. The molecule has 0 fully saturated rings. The van der Waals surface area contributed by atoms with Gasteiger partial charge in [-0.25, -0.2) is 4.98 Å². The molecule has 17 heavy (non-hydrogen) atoms. The number of methoxy groups -OCH3 is 1. The molecular formula is C12H10BrN3O. The molecule has 0 saturated carbocycles. The zero-order chi connectivity index (χ0) is 12.3. The standard InChI is InChI=1S/C12H10BrN3O/c1-17-11-3-2-8(6-9(11)13)10-7-15-12(16-10)4-5-14/h2-3,6-7H,4H2,1H3,(H,15,16). The Morgan fingerprint density at radius 3 is 3.00 bits per heavy atom. The molecule has 1 heterocycles. The zero-order valence-electron chi connectivity index (χ0n) is 9.20. The highest BCUT2D eigenvalue weighted by atomic mass is 79.9. The summed E-state index contributed by atoms with van der Waals surface area (Å²) in [7, 11) is 1.63. The Bertz CT molecular complexity index is 571. The largest absolute Gasteiger partial charge is 0.496 e. The lowest BCUT2D eigenvalue weighted by atomic mass is 10.2. The summed E-state index contributed by atoms with van der Waals surface area (Å²) in [5, 5.41) is 8.58. The van der Waals surface area contributed by atoms with Crippen molar-refractivity contribution in [3.05, 3.63) is 34.7 Å². The Morgan fingerprint density at radius 1 is 1.53 bits per heavy atom. The van der Waals surface area contributed by atoms with Gasteiger partial charge in [-0.05, 0) is 34.1 Å². The molecule has 1 aromatic heterocycles. The van der Waals surface area contributed by atoms with Crippen LogP contribution in [-0.4, -0.2) is 17.1 Å². The second-order valence-electron chi connectivity index (χ2n) is 3.43. The number of halogens is 1. The quantitative estimate of drug-likeness (QED) is 0.946. The third-order valence-electron chi connectivity index (χ3n) is 2.34. The lowest BCUT2D eigenvalue weighted by Crippen LogP contribution is -1.86. The Morgan fingerprint density at radius 2 is 2.35 bits per heavy atom. The van der Waals surface area contributed by atoms with Crippen LogP contribution in [0.2, 0.25) is 0 Å². The molecule has 0 spiro atoms. The van der Waals surface area contributed by atoms with E-state index in [1.807, 2.05) is 18.2 Å². The second-order valence-corrected chi connectivity index (χ2v) is 4.28. The molecule has 0 aliphatic rings. The predicted octanol–water partition coefficient (Wildman–Crippen LogP) is 2.91. The summed E-state index contributed by atoms with van der Waals surface area (Å²) in [4.78, 5) is 7.23. The maximum absolute atomic E-state index is 8.58. The van der Waals surface area contributed by atoms with Gasteiger partial charge in [0.2, 0.25) is 0 Å². The fourth-order valence-corrected chi connectivity index (χ4v) is 2.05. The SMILES string of the molecule is COc1ccc(-c2cnc(CC#N)[nH]2)cc1Br. The van der Waals surface area contributed by atoms with E-state index in [1.165, 1.54) is 0 Å². The van der Waals surface area contributed by atoms with Gasteiger partial charge in [0.1, 0.15) is 11.6 Å². The minimum Gasteiger partial charge on any atom is -0.496 e. The van der Waals surface area contributed by atoms with Gasteiger partial charge in [-0.3, -0.25) is 0 Å². The average Bonchev–Trinajstić information content (AvgIpc) is 2.78. The highest BCUT2D eigenvalue weighted by Crippen LogP contribution is 2.29. The van der Waals surface area contributed by atoms with E-state index in [4.69, 9.17) is 10.00 Å². The molecule has 86 valence electrons. The first-order chi connectivity index (χ1) is 8.24. The summed E-state index contributed by atoms with van der Waals surface area (Å²) in [6, 6.07) is 7.82. The summed E-state index contributed by atoms with van der Waals surface area (Å²) in [5.41, 5.74) is 1.88. The summed E-state index contributed by atoms with van der Waals surface area (Å²) in [5.74, 6) is 1.46. The van der Waals surface area contributed by atoms with Crippen molar-refractivity contribution in [2.45, 2.75) is 6.42 Å². The fourth-order valence-electron chi connectivity index (χ4n) is 1.51. The highest BCUT2D eigenvalue weighted by molar-refractivity contribution is 9.10. The summed E-state index contributed by atoms with van der Waals surface area (Å²) < 4.78 is 6.05. The van der Waals surface area contributed by atoms with E-state index in [2.05, 4.69) is 32.0 Å². The Kier molecular flexibility index (Phi) is 3.45. The molecule has 0 unspecified atom stereocenters. The predicted molar refractivity (Wildman–Crippen MR) is 67.6 cm³/mol. The Balaban J connectivity index is 2.33. The first-order valence-electron chi connectivity index (χ1n) is 4.99. The molecule has 1 N–H and O–H groups in total. The van der Waals surface area contributed by atoms with Gasteiger partial charge in [0.05, 0.1) is 36.0 Å². The second kappa shape index (κ2) is 5.02. The highest BCUT2D eigenvalue weighted by Gasteiger charge is 2.06. The van der Waals surface area contributed by atoms with Gasteiger partial charge in [0.15, 0.2) is 0 Å². The minimum atomic E-state index is 0.289. The number of H-pyrrole nitrogens is 1. The molecule has 0 atom stereocenters. The Hall–Kier alpha value is -1.80. The number of imidazole rings is 1. The molecule has 2 aromatic rings. The topological polar surface area (TPSA) is 61.7 Å². The van der Waals surface area contributed by atoms with E-state index < -0.39 is 0 Å². The van der Waals surface area contributed by atoms with Crippen molar-refractivity contribution in [1.29, 1.82) is 5.26 Å². The number of hydrogen-bond acceptors (Lipinski definition) is 3. The molecule has 1 aromatic carbocycles. The van der Waals surface area contributed by atoms with Crippen molar-refractivity contribution in [3.63, 3.8) is 0 Å². The van der Waals surface area contributed by atoms with Crippen LogP contribution in [-0.2, 0) is 6.42 Å². The van der Waals surface area contributed by atoms with E-state index in [9.17, 15) is 0 Å². The van der Waals surface area contributed by atoms with Gasteiger partial charge in [0, 0.05) is 5.56 Å². The van der Waals surface area contributed by atoms with E-state index in [0.29, 0.717) is 5.82 Å². The van der Waals surface area contributed by atoms with E-state index in [0.717, 1.165) is 21.5 Å². The van der Waals surface area contributed by atoms with Gasteiger partial charge < -0.3 is 9.72 Å². The molecule has 0 radical (unpaired) electrons. The molecule has 0 saturated heterocycles. The van der Waals surface area contributed by atoms with Crippen LogP contribution < -0.4 is 4.74 Å². The molecule has 0 amide bonds. The molecule has 0 aliphatic heterocycles. The molecule has 2 rings (SSSR count). The Labute approximate surface area is 107 Å². The number of aromatic nitrogens is 2. The number of hydrogen-bond donors (Lipinski definition) is 1. The number of benzene rings is 1. The van der Waals surface area contributed by atoms with E-state index >= 15 is 0 Å². The number of rotatable bonds is 3. The van der Waals surface area contributed by atoms with E-state index in [1.54, 1.807) is 13.3 Å². The number of nitriles is 1. The van der Waals surface area contributed by atoms with Crippen LogP contribution in [0.25, 0.3) is 11.3 Å². The van der Waals surface area contributed by atoms with Crippen LogP contribution >= 0.6 is 15.9 Å². The zero-order valence-corrected chi connectivity index (χ0v) is 10.8. The van der Waals surface area contributed by atoms with Gasteiger partial charge in [-0.15, -0.1) is 0 Å². The maximum Gasteiger partial charge on any atom is 0.133 e. The van der Waals surface area contributed by atoms with Crippen LogP contribution in [0.4, 0.5) is 0 Å². The summed E-state index contributed by atoms with van der Waals surface area (Å²) in [6.45, 7) is 0. The third kappa shape index (κ3) is 2.48. The first kappa shape index (κ1) is 11.7. The molecular weight excluding hydrogens is 282 g/mol. The van der Waals surface area contributed by atoms with E-state index in [-0.39, 0.29) is 6.42 Å². The van der Waals surface area contributed by atoms with Crippen LogP contribution in [0.15, 0.2) is 28.9 Å². The summed E-state index contributed by atoms with van der Waals surface area (Å²) in [6.07, 6.45) is 2.01. The maximum atomic E-state index is 8.58. The monoisotopic (exact) mass is 291 g/mol. The van der Waals surface area contributed by atoms with Crippen molar-refractivity contribution < 1.29 is 4.74 Å². The lowest BCUT2D eigenvalue weighted by Gasteiger charge is -2.04. The normalized spacial score (nSPS) is 9.94. The van der Waals surface area contributed by atoms with Crippen molar-refractivity contribution in [1.82, 2.24) is 9.97 Å². The smallest absolute Gasteiger partial charge is 0.133 e. The average molecular weight is 292 g/mol. The first-order valence-corrected chi connectivity index (χ1v) is 5.78. The number of nitrogens with one attached hydrogen (secondary N) is 1. The molecule has 0 bridgehead atoms. The van der Waals surface area contributed by atoms with Crippen molar-refractivity contribution in [2.24, 2.45) is 0 Å². The van der Waals surface area contributed by atoms with Crippen LogP contribution in [0.5, 0.6) is 5.75 Å². The van der Waals surface area contributed by atoms with Crippen LogP contribution in [0, 0.1) is 11.3 Å².